The first-order valence-electron chi connectivity index (χ1n) is 1.26. The van der Waals surface area contributed by atoms with Crippen molar-refractivity contribution >= 4 is 49.8 Å². The average molecular weight is 385 g/mol. The fraction of sp³-hybridized carbons (Fsp3) is 0. The summed E-state index contributed by atoms with van der Waals surface area (Å²) in [6.07, 6.45) is 0. The Morgan fingerprint density at radius 2 is 1.50 bits per heavy atom. The number of rotatable bonds is 1. The Balaban J connectivity index is 3.45. The van der Waals surface area contributed by atoms with Crippen LogP contribution in [-0.2, 0) is 0 Å². The summed E-state index contributed by atoms with van der Waals surface area (Å²) in [6.45, 7) is 3.58. The molecule has 0 N–H and O–H groups in total. The number of hydrogen-bond donors (Lipinski definition) is 0. The van der Waals surface area contributed by atoms with Gasteiger partial charge in [0.05, 0.1) is 0 Å². The summed E-state index contributed by atoms with van der Waals surface area (Å²) in [5, 5.41) is 0. The van der Waals surface area contributed by atoms with Crippen molar-refractivity contribution in [3.63, 3.8) is 0 Å². The molecule has 0 aliphatic carbocycles. The third-order valence-corrected chi connectivity index (χ3v) is 8.07. The van der Waals surface area contributed by atoms with E-state index in [9.17, 15) is 0 Å². The minimum absolute atomic E-state index is 1.90. The van der Waals surface area contributed by atoms with Crippen LogP contribution in [0.1, 0.15) is 0 Å². The molecule has 0 saturated carbocycles. The standard InChI is InChI=1S/C2H3.3BrH.Sn/c1-2;;;;/h1H,2H2;3*1H;/q;;;;+3/p-3. The first kappa shape index (κ1) is 7.98. The van der Waals surface area contributed by atoms with E-state index < -0.39 is 11.7 Å². The van der Waals surface area contributed by atoms with Gasteiger partial charge in [0.25, 0.3) is 0 Å². The maximum absolute atomic E-state index is 3.58. The number of halogens is 3. The Morgan fingerprint density at radius 3 is 1.50 bits per heavy atom. The molecule has 0 bridgehead atoms. The molecule has 0 aliphatic heterocycles. The van der Waals surface area contributed by atoms with Gasteiger partial charge in [-0.25, -0.2) is 0 Å². The Hall–Kier alpha value is 1.98. The van der Waals surface area contributed by atoms with Crippen molar-refractivity contribution < 1.29 is 0 Å². The van der Waals surface area contributed by atoms with E-state index in [-0.39, 0.29) is 0 Å². The van der Waals surface area contributed by atoms with Gasteiger partial charge in [-0.05, 0) is 0 Å². The van der Waals surface area contributed by atoms with Gasteiger partial charge in [0, 0.05) is 0 Å². The third-order valence-electron chi connectivity index (χ3n) is 0.231. The summed E-state index contributed by atoms with van der Waals surface area (Å²) in [4.78, 5) is 0. The molecule has 0 unspecified atom stereocenters. The summed E-state index contributed by atoms with van der Waals surface area (Å²) in [5.74, 6) is 0. The zero-order chi connectivity index (χ0) is 5.21. The molecule has 0 amide bonds. The summed E-state index contributed by atoms with van der Waals surface area (Å²) in [6, 6.07) is 0. The molecule has 4 heteroatoms. The molecule has 0 radical (unpaired) electrons. The van der Waals surface area contributed by atoms with Crippen molar-refractivity contribution in [2.75, 3.05) is 0 Å². The van der Waals surface area contributed by atoms with Crippen LogP contribution in [0.4, 0.5) is 0 Å². The third kappa shape index (κ3) is 5.98. The van der Waals surface area contributed by atoms with Gasteiger partial charge in [-0.2, -0.15) is 0 Å². The molecule has 36 valence electrons. The van der Waals surface area contributed by atoms with Gasteiger partial charge in [-0.1, -0.05) is 0 Å². The van der Waals surface area contributed by atoms with Crippen LogP contribution >= 0.6 is 38.1 Å². The Bertz CT molecular complexity index is 54.3. The molecule has 0 fully saturated rings. The SMILES string of the molecule is C=[CH][Sn]([Br])([Br])[Br]. The van der Waals surface area contributed by atoms with Gasteiger partial charge in [0.1, 0.15) is 0 Å². The number of hydrogen-bond acceptors (Lipinski definition) is 0. The minimum atomic E-state index is -2.03. The van der Waals surface area contributed by atoms with E-state index in [4.69, 9.17) is 0 Å². The van der Waals surface area contributed by atoms with Crippen molar-refractivity contribution in [1.29, 1.82) is 0 Å². The molecule has 0 saturated heterocycles. The van der Waals surface area contributed by atoms with Crippen LogP contribution in [0.5, 0.6) is 0 Å². The molecular weight excluding hydrogens is 382 g/mol. The van der Waals surface area contributed by atoms with Gasteiger partial charge in [-0.3, -0.25) is 0 Å². The molecule has 0 atom stereocenters. The van der Waals surface area contributed by atoms with Crippen molar-refractivity contribution in [1.82, 2.24) is 0 Å². The van der Waals surface area contributed by atoms with E-state index in [0.717, 1.165) is 0 Å². The van der Waals surface area contributed by atoms with Gasteiger partial charge in [-0.15, -0.1) is 0 Å². The van der Waals surface area contributed by atoms with Crippen molar-refractivity contribution in [2.45, 2.75) is 0 Å². The quantitative estimate of drug-likeness (QED) is 0.609. The van der Waals surface area contributed by atoms with Crippen LogP contribution in [0.2, 0.25) is 0 Å². The van der Waals surface area contributed by atoms with Crippen LogP contribution in [0.3, 0.4) is 0 Å². The van der Waals surface area contributed by atoms with Crippen molar-refractivity contribution in [2.24, 2.45) is 0 Å². The molecule has 0 aromatic rings. The van der Waals surface area contributed by atoms with Crippen LogP contribution < -0.4 is 0 Å². The topological polar surface area (TPSA) is 0 Å². The van der Waals surface area contributed by atoms with Gasteiger partial charge in [0.2, 0.25) is 0 Å². The fourth-order valence-corrected chi connectivity index (χ4v) is 0. The Kier molecular flexibility index (Phi) is 4.11. The van der Waals surface area contributed by atoms with Gasteiger partial charge in [0.15, 0.2) is 0 Å². The summed E-state index contributed by atoms with van der Waals surface area (Å²) >= 11 is 8.18. The second kappa shape index (κ2) is 3.09. The molecule has 0 aromatic carbocycles. The van der Waals surface area contributed by atoms with Crippen molar-refractivity contribution in [3.05, 3.63) is 10.7 Å². The van der Waals surface area contributed by atoms with E-state index in [0.29, 0.717) is 0 Å². The first-order chi connectivity index (χ1) is 2.56. The molecule has 0 aliphatic rings. The van der Waals surface area contributed by atoms with Crippen LogP contribution in [0, 0.1) is 0 Å². The average Bonchev–Trinajstić information content (AvgIpc) is 1.35. The second-order valence-corrected chi connectivity index (χ2v) is 51.6. The van der Waals surface area contributed by atoms with E-state index in [1.165, 1.54) is 0 Å². The predicted molar refractivity (Wildman–Crippen MR) is 42.7 cm³/mol. The predicted octanol–water partition coefficient (Wildman–Crippen LogP) is 2.84. The fourth-order valence-electron chi connectivity index (χ4n) is 0. The zero-order valence-corrected chi connectivity index (χ0v) is 10.5. The van der Waals surface area contributed by atoms with Crippen LogP contribution in [0.25, 0.3) is 0 Å². The molecule has 0 spiro atoms. The summed E-state index contributed by atoms with van der Waals surface area (Å²) < 4.78 is 1.90. The summed E-state index contributed by atoms with van der Waals surface area (Å²) in [7, 11) is 0. The Morgan fingerprint density at radius 1 is 1.33 bits per heavy atom. The molecule has 0 rings (SSSR count). The first-order valence-corrected chi connectivity index (χ1v) is 22.1. The van der Waals surface area contributed by atoms with Crippen molar-refractivity contribution in [3.8, 4) is 0 Å². The molecule has 0 aromatic heterocycles. The normalized spacial score (nSPS) is 11.2. The zero-order valence-electron chi connectivity index (χ0n) is 2.92. The maximum atomic E-state index is 3.58. The van der Waals surface area contributed by atoms with Crippen LogP contribution in [0.15, 0.2) is 10.7 Å². The second-order valence-electron chi connectivity index (χ2n) is 0.746. The van der Waals surface area contributed by atoms with E-state index >= 15 is 0 Å². The Labute approximate surface area is 59.5 Å². The van der Waals surface area contributed by atoms with Crippen LogP contribution in [-0.4, -0.2) is 11.7 Å². The molecular formula is C2H3Br3Sn. The van der Waals surface area contributed by atoms with E-state index in [2.05, 4.69) is 44.7 Å². The van der Waals surface area contributed by atoms with E-state index in [1.54, 1.807) is 0 Å². The molecule has 0 heterocycles. The monoisotopic (exact) mass is 384 g/mol. The van der Waals surface area contributed by atoms with Gasteiger partial charge < -0.3 is 0 Å². The van der Waals surface area contributed by atoms with Gasteiger partial charge >= 0.3 is 60.5 Å². The van der Waals surface area contributed by atoms with E-state index in [1.807, 2.05) is 4.09 Å². The summed E-state index contributed by atoms with van der Waals surface area (Å²) in [5.41, 5.74) is 0. The molecule has 0 nitrogen and oxygen atoms in total. The molecule has 6 heavy (non-hydrogen) atoms.